The van der Waals surface area contributed by atoms with Gasteiger partial charge in [0.05, 0.1) is 29.4 Å². The predicted molar refractivity (Wildman–Crippen MR) is 76.4 cm³/mol. The summed E-state index contributed by atoms with van der Waals surface area (Å²) in [5, 5.41) is 9.20. The molecule has 0 fully saturated rings. The Morgan fingerprint density at radius 2 is 2.11 bits per heavy atom. The maximum atomic E-state index is 5.99. The fourth-order valence-corrected chi connectivity index (χ4v) is 2.00. The molecule has 0 saturated carbocycles. The quantitative estimate of drug-likeness (QED) is 0.810. The van der Waals surface area contributed by atoms with Crippen LogP contribution in [0.2, 0.25) is 10.0 Å². The van der Waals surface area contributed by atoms with Crippen LogP contribution in [0, 0.1) is 6.92 Å². The number of ether oxygens (including phenoxy) is 1. The van der Waals surface area contributed by atoms with Crippen LogP contribution in [0.3, 0.4) is 0 Å². The molecule has 0 spiro atoms. The average molecular weight is 298 g/mol. The Morgan fingerprint density at radius 3 is 2.74 bits per heavy atom. The van der Waals surface area contributed by atoms with Gasteiger partial charge in [0.15, 0.2) is 0 Å². The Bertz CT molecular complexity index is 622. The molecule has 0 saturated heterocycles. The lowest BCUT2D eigenvalue weighted by Crippen LogP contribution is -2.04. The second kappa shape index (κ2) is 5.63. The van der Waals surface area contributed by atoms with E-state index in [2.05, 4.69) is 16.9 Å². The fraction of sp³-hybridized carbons (Fsp3) is 0.231. The molecule has 0 aliphatic rings. The molecular weight excluding hydrogens is 285 g/mol. The van der Waals surface area contributed by atoms with Crippen LogP contribution in [0.15, 0.2) is 24.8 Å². The summed E-state index contributed by atoms with van der Waals surface area (Å²) in [6, 6.07) is 5.48. The number of halogens is 2. The van der Waals surface area contributed by atoms with Gasteiger partial charge in [0.2, 0.25) is 0 Å². The van der Waals surface area contributed by atoms with Crippen LogP contribution >= 0.6 is 23.2 Å². The smallest absolute Gasteiger partial charge is 0.149 e. The van der Waals surface area contributed by atoms with Gasteiger partial charge in [-0.2, -0.15) is 0 Å². The zero-order chi connectivity index (χ0) is 14.0. The highest BCUT2D eigenvalue weighted by Crippen LogP contribution is 2.23. The molecule has 0 aliphatic heterocycles. The van der Waals surface area contributed by atoms with Crippen LogP contribution in [0.1, 0.15) is 17.0 Å². The van der Waals surface area contributed by atoms with E-state index in [-0.39, 0.29) is 0 Å². The minimum absolute atomic E-state index is 0.498. The minimum Gasteiger partial charge on any atom is -0.495 e. The summed E-state index contributed by atoms with van der Waals surface area (Å²) in [5.74, 6) is 0.498. The van der Waals surface area contributed by atoms with Crippen LogP contribution in [0.4, 0.5) is 0 Å². The van der Waals surface area contributed by atoms with Crippen molar-refractivity contribution in [2.24, 2.45) is 0 Å². The summed E-state index contributed by atoms with van der Waals surface area (Å²) in [6.07, 6.45) is 0. The summed E-state index contributed by atoms with van der Waals surface area (Å²) in [7, 11) is 1.56. The molecule has 0 atom stereocenters. The van der Waals surface area contributed by atoms with E-state index in [0.717, 1.165) is 11.3 Å². The van der Waals surface area contributed by atoms with E-state index in [1.165, 1.54) is 0 Å². The van der Waals surface area contributed by atoms with E-state index >= 15 is 0 Å². The molecule has 0 N–H and O–H groups in total. The third-order valence-electron chi connectivity index (χ3n) is 2.81. The first-order valence-electron chi connectivity index (χ1n) is 5.60. The van der Waals surface area contributed by atoms with Gasteiger partial charge in [0.25, 0.3) is 0 Å². The number of benzene rings is 1. The number of hydrogen-bond donors (Lipinski definition) is 0. The van der Waals surface area contributed by atoms with Crippen molar-refractivity contribution in [1.82, 2.24) is 15.0 Å². The third-order valence-corrected chi connectivity index (χ3v) is 3.55. The first kappa shape index (κ1) is 13.9. The first-order valence-corrected chi connectivity index (χ1v) is 6.35. The van der Waals surface area contributed by atoms with Crippen molar-refractivity contribution < 1.29 is 4.74 Å². The van der Waals surface area contributed by atoms with Crippen LogP contribution in [-0.4, -0.2) is 22.1 Å². The van der Waals surface area contributed by atoms with Gasteiger partial charge in [-0.3, -0.25) is 0 Å². The predicted octanol–water partition coefficient (Wildman–Crippen LogP) is 3.56. The van der Waals surface area contributed by atoms with Crippen molar-refractivity contribution in [1.29, 1.82) is 0 Å². The van der Waals surface area contributed by atoms with Crippen LogP contribution < -0.4 is 0 Å². The van der Waals surface area contributed by atoms with Gasteiger partial charge in [-0.15, -0.1) is 5.10 Å². The van der Waals surface area contributed by atoms with E-state index < -0.39 is 0 Å². The van der Waals surface area contributed by atoms with Crippen molar-refractivity contribution in [3.8, 4) is 0 Å². The summed E-state index contributed by atoms with van der Waals surface area (Å²) >= 11 is 11.9. The monoisotopic (exact) mass is 297 g/mol. The Hall–Kier alpha value is -1.52. The number of rotatable bonds is 4. The molecule has 4 nitrogen and oxygen atoms in total. The number of aromatic nitrogens is 3. The molecule has 100 valence electrons. The van der Waals surface area contributed by atoms with E-state index in [1.807, 2.05) is 19.1 Å². The highest BCUT2D eigenvalue weighted by molar-refractivity contribution is 6.42. The first-order chi connectivity index (χ1) is 9.02. The highest BCUT2D eigenvalue weighted by Gasteiger charge is 2.12. The van der Waals surface area contributed by atoms with Crippen molar-refractivity contribution in [3.05, 3.63) is 51.8 Å². The van der Waals surface area contributed by atoms with Crippen molar-refractivity contribution in [2.45, 2.75) is 13.5 Å². The van der Waals surface area contributed by atoms with Crippen LogP contribution in [0.5, 0.6) is 0 Å². The molecular formula is C13H13Cl2N3O. The Morgan fingerprint density at radius 1 is 1.37 bits per heavy atom. The third kappa shape index (κ3) is 2.91. The molecule has 0 bridgehead atoms. The number of methoxy groups -OCH3 is 1. The topological polar surface area (TPSA) is 39.9 Å². The Balaban J connectivity index is 2.26. The van der Waals surface area contributed by atoms with Crippen LogP contribution in [-0.2, 0) is 11.3 Å². The lowest BCUT2D eigenvalue weighted by molar-refractivity contribution is 0.369. The Labute approximate surface area is 121 Å². The van der Waals surface area contributed by atoms with Gasteiger partial charge in [0.1, 0.15) is 11.5 Å². The Kier molecular flexibility index (Phi) is 4.12. The second-order valence-corrected chi connectivity index (χ2v) is 4.87. The van der Waals surface area contributed by atoms with Gasteiger partial charge >= 0.3 is 0 Å². The summed E-state index contributed by atoms with van der Waals surface area (Å²) in [6.45, 7) is 6.25. The van der Waals surface area contributed by atoms with Gasteiger partial charge in [-0.05, 0) is 24.6 Å². The molecule has 6 heteroatoms. The molecule has 0 aliphatic carbocycles. The standard InChI is InChI=1S/C13H13Cl2N3O/c1-8-13(9(2)19-3)16-17-18(8)7-10-4-5-11(14)12(15)6-10/h4-6H,2,7H2,1,3H3. The highest BCUT2D eigenvalue weighted by atomic mass is 35.5. The van der Waals surface area contributed by atoms with Crippen molar-refractivity contribution in [3.63, 3.8) is 0 Å². The van der Waals surface area contributed by atoms with Gasteiger partial charge < -0.3 is 4.74 Å². The zero-order valence-electron chi connectivity index (χ0n) is 10.7. The maximum absolute atomic E-state index is 5.99. The van der Waals surface area contributed by atoms with Gasteiger partial charge in [-0.25, -0.2) is 4.68 Å². The molecule has 2 rings (SSSR count). The molecule has 1 aromatic carbocycles. The molecule has 2 aromatic rings. The van der Waals surface area contributed by atoms with Gasteiger partial charge in [-0.1, -0.05) is 41.1 Å². The summed E-state index contributed by atoms with van der Waals surface area (Å²) < 4.78 is 6.83. The molecule has 1 aromatic heterocycles. The van der Waals surface area contributed by atoms with Gasteiger partial charge in [0, 0.05) is 0 Å². The van der Waals surface area contributed by atoms with E-state index in [1.54, 1.807) is 17.9 Å². The van der Waals surface area contributed by atoms with Crippen LogP contribution in [0.25, 0.3) is 5.76 Å². The minimum atomic E-state index is 0.498. The zero-order valence-corrected chi connectivity index (χ0v) is 12.2. The molecule has 0 unspecified atom stereocenters. The molecule has 1 heterocycles. The van der Waals surface area contributed by atoms with Crippen molar-refractivity contribution >= 4 is 29.0 Å². The fourth-order valence-electron chi connectivity index (χ4n) is 1.68. The molecule has 19 heavy (non-hydrogen) atoms. The maximum Gasteiger partial charge on any atom is 0.149 e. The lowest BCUT2D eigenvalue weighted by Gasteiger charge is -2.06. The molecule has 0 radical (unpaired) electrons. The number of hydrogen-bond acceptors (Lipinski definition) is 3. The van der Waals surface area contributed by atoms with E-state index in [4.69, 9.17) is 27.9 Å². The normalized spacial score (nSPS) is 10.5. The van der Waals surface area contributed by atoms with E-state index in [0.29, 0.717) is 28.0 Å². The average Bonchev–Trinajstić information content (AvgIpc) is 2.75. The largest absolute Gasteiger partial charge is 0.495 e. The summed E-state index contributed by atoms with van der Waals surface area (Å²) in [4.78, 5) is 0. The van der Waals surface area contributed by atoms with Crippen molar-refractivity contribution in [2.75, 3.05) is 7.11 Å². The number of nitrogens with zero attached hydrogens (tertiary/aromatic N) is 3. The van der Waals surface area contributed by atoms with E-state index in [9.17, 15) is 0 Å². The summed E-state index contributed by atoms with van der Waals surface area (Å²) in [5.41, 5.74) is 2.54. The molecule has 0 amide bonds. The second-order valence-electron chi connectivity index (χ2n) is 4.06. The SMILES string of the molecule is C=C(OC)c1nnn(Cc2ccc(Cl)c(Cl)c2)c1C. The lowest BCUT2D eigenvalue weighted by atomic mass is 10.2.